The summed E-state index contributed by atoms with van der Waals surface area (Å²) in [7, 11) is 0. The number of piperazine rings is 1. The van der Waals surface area contributed by atoms with Gasteiger partial charge in [0.15, 0.2) is 0 Å². The summed E-state index contributed by atoms with van der Waals surface area (Å²) in [6.07, 6.45) is 0.199. The van der Waals surface area contributed by atoms with Crippen LogP contribution in [0.1, 0.15) is 33.6 Å². The summed E-state index contributed by atoms with van der Waals surface area (Å²) in [5.74, 6) is -2.98. The third kappa shape index (κ3) is 3.46. The molecule has 3 aliphatic rings. The predicted molar refractivity (Wildman–Crippen MR) is 99.4 cm³/mol. The van der Waals surface area contributed by atoms with Crippen molar-refractivity contribution in [2.75, 3.05) is 37.6 Å². The first-order chi connectivity index (χ1) is 13.8. The molecule has 2 fully saturated rings. The lowest BCUT2D eigenvalue weighted by molar-refractivity contribution is -0.138. The number of imide groups is 2. The number of carbonyl (C=O) groups is 5. The summed E-state index contributed by atoms with van der Waals surface area (Å²) in [6.45, 7) is 2.36. The number of carbonyl (C=O) groups excluding carboxylic acids is 4. The number of fused-ring (bicyclic) bond motifs is 1. The molecule has 29 heavy (non-hydrogen) atoms. The van der Waals surface area contributed by atoms with Crippen molar-refractivity contribution in [3.05, 3.63) is 29.3 Å². The van der Waals surface area contributed by atoms with Gasteiger partial charge in [-0.25, -0.2) is 0 Å². The third-order valence-electron chi connectivity index (χ3n) is 5.52. The van der Waals surface area contributed by atoms with Gasteiger partial charge in [0.05, 0.1) is 17.7 Å². The second-order valence-electron chi connectivity index (χ2n) is 7.33. The minimum Gasteiger partial charge on any atom is -0.480 e. The number of nitrogens with one attached hydrogen (secondary N) is 1. The lowest BCUT2D eigenvalue weighted by Gasteiger charge is -2.35. The van der Waals surface area contributed by atoms with E-state index in [1.807, 2.05) is 9.80 Å². The van der Waals surface area contributed by atoms with E-state index in [0.29, 0.717) is 26.2 Å². The van der Waals surface area contributed by atoms with E-state index in [9.17, 15) is 24.0 Å². The molecule has 0 bridgehead atoms. The molecule has 10 heteroatoms. The first-order valence-electron chi connectivity index (χ1n) is 9.40. The number of nitrogens with zero attached hydrogens (tertiary/aromatic N) is 3. The van der Waals surface area contributed by atoms with Crippen LogP contribution in [0.3, 0.4) is 0 Å². The number of carboxylic acids is 1. The SMILES string of the molecule is O=C(O)CN1CCN(c2ccc3c(c2)C(=O)N(C2CCC(=O)NC2=O)C3=O)CC1. The van der Waals surface area contributed by atoms with Gasteiger partial charge in [0.25, 0.3) is 11.8 Å². The van der Waals surface area contributed by atoms with Crippen LogP contribution in [0.5, 0.6) is 0 Å². The number of aliphatic carboxylic acids is 1. The standard InChI is InChI=1S/C19H20N4O6/c24-15-4-3-14(17(27)20-15)23-18(28)12-2-1-11(9-13(12)19(23)29)22-7-5-21(6-8-22)10-16(25)26/h1-2,9,14H,3-8,10H2,(H,25,26)(H,20,24,27). The first kappa shape index (κ1) is 19.1. The van der Waals surface area contributed by atoms with Gasteiger partial charge in [-0.15, -0.1) is 0 Å². The van der Waals surface area contributed by atoms with Crippen LogP contribution >= 0.6 is 0 Å². The smallest absolute Gasteiger partial charge is 0.317 e. The maximum Gasteiger partial charge on any atom is 0.317 e. The van der Waals surface area contributed by atoms with E-state index in [1.165, 1.54) is 0 Å². The van der Waals surface area contributed by atoms with Crippen molar-refractivity contribution >= 4 is 35.3 Å². The van der Waals surface area contributed by atoms with Crippen LogP contribution in [-0.2, 0) is 14.4 Å². The molecule has 1 aromatic carbocycles. The van der Waals surface area contributed by atoms with Gasteiger partial charge in [0.1, 0.15) is 6.04 Å². The summed E-state index contributed by atoms with van der Waals surface area (Å²) >= 11 is 0. The Labute approximate surface area is 166 Å². The highest BCUT2D eigenvalue weighted by atomic mass is 16.4. The summed E-state index contributed by atoms with van der Waals surface area (Å²) in [5, 5.41) is 11.1. The van der Waals surface area contributed by atoms with E-state index in [0.717, 1.165) is 10.6 Å². The monoisotopic (exact) mass is 400 g/mol. The lowest BCUT2D eigenvalue weighted by Crippen LogP contribution is -2.54. The van der Waals surface area contributed by atoms with Crippen molar-refractivity contribution in [3.8, 4) is 0 Å². The molecule has 152 valence electrons. The molecule has 0 saturated carbocycles. The highest BCUT2D eigenvalue weighted by Gasteiger charge is 2.44. The summed E-state index contributed by atoms with van der Waals surface area (Å²) in [4.78, 5) is 64.8. The Bertz CT molecular complexity index is 921. The molecular formula is C19H20N4O6. The zero-order chi connectivity index (χ0) is 20.7. The molecular weight excluding hydrogens is 380 g/mol. The quantitative estimate of drug-likeness (QED) is 0.635. The zero-order valence-corrected chi connectivity index (χ0v) is 15.6. The molecule has 0 spiro atoms. The lowest BCUT2D eigenvalue weighted by atomic mass is 10.0. The molecule has 4 amide bonds. The average molecular weight is 400 g/mol. The molecule has 1 atom stereocenters. The van der Waals surface area contributed by atoms with Crippen LogP contribution < -0.4 is 10.2 Å². The van der Waals surface area contributed by atoms with Gasteiger partial charge in [-0.1, -0.05) is 0 Å². The molecule has 1 unspecified atom stereocenters. The maximum atomic E-state index is 12.9. The third-order valence-corrected chi connectivity index (χ3v) is 5.52. The van der Waals surface area contributed by atoms with Crippen LogP contribution in [0.15, 0.2) is 18.2 Å². The van der Waals surface area contributed by atoms with Crippen LogP contribution in [-0.4, -0.2) is 83.3 Å². The Morgan fingerprint density at radius 3 is 2.38 bits per heavy atom. The number of rotatable bonds is 4. The fourth-order valence-corrected chi connectivity index (χ4v) is 4.01. The Morgan fingerprint density at radius 2 is 1.72 bits per heavy atom. The van der Waals surface area contributed by atoms with E-state index < -0.39 is 35.6 Å². The van der Waals surface area contributed by atoms with Gasteiger partial charge in [0.2, 0.25) is 11.8 Å². The summed E-state index contributed by atoms with van der Waals surface area (Å²) in [6, 6.07) is 4.00. The first-order valence-corrected chi connectivity index (χ1v) is 9.40. The van der Waals surface area contributed by atoms with E-state index >= 15 is 0 Å². The molecule has 0 radical (unpaired) electrons. The summed E-state index contributed by atoms with van der Waals surface area (Å²) < 4.78 is 0. The van der Waals surface area contributed by atoms with Crippen LogP contribution in [0, 0.1) is 0 Å². The van der Waals surface area contributed by atoms with Crippen molar-refractivity contribution in [3.63, 3.8) is 0 Å². The minimum absolute atomic E-state index is 0.00800. The molecule has 3 heterocycles. The van der Waals surface area contributed by atoms with E-state index in [4.69, 9.17) is 5.11 Å². The van der Waals surface area contributed by atoms with Gasteiger partial charge < -0.3 is 10.0 Å². The number of amides is 4. The molecule has 3 aliphatic heterocycles. The van der Waals surface area contributed by atoms with Crippen molar-refractivity contribution < 1.29 is 29.1 Å². The Kier molecular flexibility index (Phi) is 4.79. The van der Waals surface area contributed by atoms with Gasteiger partial charge >= 0.3 is 5.97 Å². The van der Waals surface area contributed by atoms with Crippen molar-refractivity contribution in [1.29, 1.82) is 0 Å². The fraction of sp³-hybridized carbons (Fsp3) is 0.421. The molecule has 1 aromatic rings. The number of carboxylic acid groups (broad SMARTS) is 1. The molecule has 4 rings (SSSR count). The molecule has 2 N–H and O–H groups in total. The zero-order valence-electron chi connectivity index (χ0n) is 15.6. The Morgan fingerprint density at radius 1 is 1.03 bits per heavy atom. The average Bonchev–Trinajstić information content (AvgIpc) is 2.92. The predicted octanol–water partition coefficient (Wildman–Crippen LogP) is -0.706. The molecule has 0 aliphatic carbocycles. The summed E-state index contributed by atoms with van der Waals surface area (Å²) in [5.41, 5.74) is 1.25. The molecule has 2 saturated heterocycles. The fourth-order valence-electron chi connectivity index (χ4n) is 4.01. The normalized spacial score (nSPS) is 22.7. The second-order valence-corrected chi connectivity index (χ2v) is 7.33. The van der Waals surface area contributed by atoms with Crippen LogP contribution in [0.25, 0.3) is 0 Å². The molecule has 10 nitrogen and oxygen atoms in total. The van der Waals surface area contributed by atoms with Crippen molar-refractivity contribution in [2.45, 2.75) is 18.9 Å². The van der Waals surface area contributed by atoms with Gasteiger partial charge in [0, 0.05) is 38.3 Å². The van der Waals surface area contributed by atoms with Crippen molar-refractivity contribution in [2.24, 2.45) is 0 Å². The highest BCUT2D eigenvalue weighted by Crippen LogP contribution is 2.31. The Hall–Kier alpha value is -3.27. The number of piperidine rings is 1. The minimum atomic E-state index is -0.983. The van der Waals surface area contributed by atoms with E-state index in [-0.39, 0.29) is 30.5 Å². The topological polar surface area (TPSA) is 127 Å². The van der Waals surface area contributed by atoms with Crippen LogP contribution in [0.2, 0.25) is 0 Å². The van der Waals surface area contributed by atoms with Crippen LogP contribution in [0.4, 0.5) is 5.69 Å². The Balaban J connectivity index is 1.51. The molecule has 0 aromatic heterocycles. The highest BCUT2D eigenvalue weighted by molar-refractivity contribution is 6.23. The van der Waals surface area contributed by atoms with E-state index in [1.54, 1.807) is 18.2 Å². The largest absolute Gasteiger partial charge is 0.480 e. The number of anilines is 1. The second kappa shape index (κ2) is 7.28. The van der Waals surface area contributed by atoms with E-state index in [2.05, 4.69) is 5.32 Å². The number of hydrogen-bond donors (Lipinski definition) is 2. The van der Waals surface area contributed by atoms with Gasteiger partial charge in [-0.3, -0.25) is 39.1 Å². The number of benzene rings is 1. The van der Waals surface area contributed by atoms with Crippen molar-refractivity contribution in [1.82, 2.24) is 15.1 Å². The number of hydrogen-bond acceptors (Lipinski definition) is 7. The maximum absolute atomic E-state index is 12.9. The van der Waals surface area contributed by atoms with Gasteiger partial charge in [-0.2, -0.15) is 0 Å². The van der Waals surface area contributed by atoms with Gasteiger partial charge in [-0.05, 0) is 24.6 Å².